The van der Waals surface area contributed by atoms with Crippen molar-refractivity contribution in [1.29, 1.82) is 0 Å². The van der Waals surface area contributed by atoms with E-state index < -0.39 is 0 Å². The molecular formula is C21H27N5O2. The van der Waals surface area contributed by atoms with E-state index in [1.807, 2.05) is 34.9 Å². The third-order valence-electron chi connectivity index (χ3n) is 5.07. The van der Waals surface area contributed by atoms with E-state index in [0.717, 1.165) is 16.8 Å². The molecule has 0 aliphatic carbocycles. The Balaban J connectivity index is 1.69. The van der Waals surface area contributed by atoms with Crippen molar-refractivity contribution in [3.63, 3.8) is 0 Å². The molecule has 1 aliphatic heterocycles. The van der Waals surface area contributed by atoms with Crippen molar-refractivity contribution in [1.82, 2.24) is 14.9 Å². The van der Waals surface area contributed by atoms with Gasteiger partial charge in [0.2, 0.25) is 11.9 Å². The first-order valence-electron chi connectivity index (χ1n) is 9.60. The summed E-state index contributed by atoms with van der Waals surface area (Å²) in [7, 11) is 0. The van der Waals surface area contributed by atoms with Gasteiger partial charge >= 0.3 is 0 Å². The number of anilines is 2. The lowest BCUT2D eigenvalue weighted by atomic mass is 9.98. The molecule has 28 heavy (non-hydrogen) atoms. The Labute approximate surface area is 165 Å². The standard InChI is InChI=1S/C21H27N5O2/c1-14(2)18-7-5-6-15(3)19(18)24-20(28)17-12-22-21(23-13-17)26-10-8-25(9-11-26)16(4)27/h5-7,12-14H,8-11H2,1-4H3,(H,24,28). The fourth-order valence-corrected chi connectivity index (χ4v) is 3.35. The lowest BCUT2D eigenvalue weighted by Gasteiger charge is -2.34. The highest BCUT2D eigenvalue weighted by atomic mass is 16.2. The van der Waals surface area contributed by atoms with E-state index in [1.165, 1.54) is 0 Å². The lowest BCUT2D eigenvalue weighted by Crippen LogP contribution is -2.48. The van der Waals surface area contributed by atoms with Crippen LogP contribution in [0.4, 0.5) is 11.6 Å². The second-order valence-corrected chi connectivity index (χ2v) is 7.41. The summed E-state index contributed by atoms with van der Waals surface area (Å²) < 4.78 is 0. The fourth-order valence-electron chi connectivity index (χ4n) is 3.35. The van der Waals surface area contributed by atoms with Gasteiger partial charge in [-0.2, -0.15) is 0 Å². The van der Waals surface area contributed by atoms with Crippen LogP contribution in [-0.4, -0.2) is 52.9 Å². The summed E-state index contributed by atoms with van der Waals surface area (Å²) in [5.74, 6) is 0.759. The van der Waals surface area contributed by atoms with Crippen LogP contribution in [0, 0.1) is 6.92 Å². The van der Waals surface area contributed by atoms with Crippen LogP contribution in [0.1, 0.15) is 48.2 Å². The summed E-state index contributed by atoms with van der Waals surface area (Å²) in [4.78, 5) is 36.7. The van der Waals surface area contributed by atoms with Crippen LogP contribution in [0.15, 0.2) is 30.6 Å². The summed E-state index contributed by atoms with van der Waals surface area (Å²) in [5, 5.41) is 3.02. The molecule has 2 heterocycles. The maximum atomic E-state index is 12.7. The van der Waals surface area contributed by atoms with Crippen LogP contribution in [0.25, 0.3) is 0 Å². The first-order chi connectivity index (χ1) is 13.4. The van der Waals surface area contributed by atoms with Crippen LogP contribution >= 0.6 is 0 Å². The minimum Gasteiger partial charge on any atom is -0.339 e. The van der Waals surface area contributed by atoms with Gasteiger partial charge in [-0.25, -0.2) is 9.97 Å². The van der Waals surface area contributed by atoms with E-state index in [4.69, 9.17) is 0 Å². The number of para-hydroxylation sites is 1. The van der Waals surface area contributed by atoms with Gasteiger partial charge in [0.05, 0.1) is 5.56 Å². The van der Waals surface area contributed by atoms with Gasteiger partial charge in [0.15, 0.2) is 0 Å². The van der Waals surface area contributed by atoms with Gasteiger partial charge in [-0.15, -0.1) is 0 Å². The molecule has 2 aromatic rings. The van der Waals surface area contributed by atoms with Crippen LogP contribution in [0.2, 0.25) is 0 Å². The number of hydrogen-bond acceptors (Lipinski definition) is 5. The molecule has 0 bridgehead atoms. The largest absolute Gasteiger partial charge is 0.339 e. The van der Waals surface area contributed by atoms with Crippen LogP contribution in [0.5, 0.6) is 0 Å². The highest BCUT2D eigenvalue weighted by Gasteiger charge is 2.21. The zero-order valence-corrected chi connectivity index (χ0v) is 16.9. The maximum absolute atomic E-state index is 12.7. The van der Waals surface area contributed by atoms with Gasteiger partial charge in [-0.05, 0) is 24.0 Å². The first-order valence-corrected chi connectivity index (χ1v) is 9.60. The molecule has 2 amide bonds. The molecule has 1 aromatic heterocycles. The number of benzene rings is 1. The first kappa shape index (κ1) is 19.8. The van der Waals surface area contributed by atoms with Crippen LogP contribution < -0.4 is 10.2 Å². The summed E-state index contributed by atoms with van der Waals surface area (Å²) in [6.45, 7) is 10.5. The molecule has 1 saturated heterocycles. The van der Waals surface area contributed by atoms with E-state index in [2.05, 4.69) is 29.1 Å². The van der Waals surface area contributed by atoms with E-state index in [-0.39, 0.29) is 11.8 Å². The van der Waals surface area contributed by atoms with E-state index >= 15 is 0 Å². The molecule has 1 aliphatic rings. The van der Waals surface area contributed by atoms with E-state index in [1.54, 1.807) is 19.3 Å². The Morgan fingerprint density at radius 3 is 2.29 bits per heavy atom. The number of nitrogens with zero attached hydrogens (tertiary/aromatic N) is 4. The number of piperazine rings is 1. The number of aryl methyl sites for hydroxylation is 1. The molecule has 0 radical (unpaired) electrons. The number of rotatable bonds is 4. The highest BCUT2D eigenvalue weighted by molar-refractivity contribution is 6.04. The molecule has 3 rings (SSSR count). The Hall–Kier alpha value is -2.96. The third kappa shape index (κ3) is 4.30. The normalized spacial score (nSPS) is 14.3. The second kappa shape index (κ2) is 8.37. The number of amides is 2. The molecule has 1 N–H and O–H groups in total. The van der Waals surface area contributed by atoms with Gasteiger partial charge in [0, 0.05) is 51.2 Å². The number of aromatic nitrogens is 2. The predicted molar refractivity (Wildman–Crippen MR) is 110 cm³/mol. The third-order valence-corrected chi connectivity index (χ3v) is 5.07. The second-order valence-electron chi connectivity index (χ2n) is 7.41. The molecule has 0 unspecified atom stereocenters. The van der Waals surface area contributed by atoms with Crippen LogP contribution in [0.3, 0.4) is 0 Å². The SMILES string of the molecule is CC(=O)N1CCN(c2ncc(C(=O)Nc3c(C)cccc3C(C)C)cn2)CC1. The van der Waals surface area contributed by atoms with Gasteiger partial charge in [0.1, 0.15) is 0 Å². The molecule has 148 valence electrons. The average molecular weight is 381 g/mol. The molecule has 7 nitrogen and oxygen atoms in total. The van der Waals surface area contributed by atoms with Gasteiger partial charge in [-0.1, -0.05) is 32.0 Å². The molecule has 7 heteroatoms. The smallest absolute Gasteiger partial charge is 0.258 e. The van der Waals surface area contributed by atoms with Crippen molar-refractivity contribution in [2.45, 2.75) is 33.6 Å². The van der Waals surface area contributed by atoms with E-state index in [0.29, 0.717) is 43.6 Å². The fraction of sp³-hybridized carbons (Fsp3) is 0.429. The summed E-state index contributed by atoms with van der Waals surface area (Å²) in [6, 6.07) is 6.03. The Morgan fingerprint density at radius 2 is 1.71 bits per heavy atom. The average Bonchev–Trinajstić information content (AvgIpc) is 2.69. The molecule has 1 fully saturated rings. The van der Waals surface area contributed by atoms with E-state index in [9.17, 15) is 9.59 Å². The van der Waals surface area contributed by atoms with Crippen molar-refractivity contribution < 1.29 is 9.59 Å². The van der Waals surface area contributed by atoms with Crippen molar-refractivity contribution in [2.75, 3.05) is 36.4 Å². The Morgan fingerprint density at radius 1 is 1.07 bits per heavy atom. The number of nitrogens with one attached hydrogen (secondary N) is 1. The van der Waals surface area contributed by atoms with Crippen LogP contribution in [-0.2, 0) is 4.79 Å². The zero-order chi connectivity index (χ0) is 20.3. The maximum Gasteiger partial charge on any atom is 0.258 e. The number of carbonyl (C=O) groups excluding carboxylic acids is 2. The zero-order valence-electron chi connectivity index (χ0n) is 16.9. The minimum absolute atomic E-state index is 0.0876. The Kier molecular flexibility index (Phi) is 5.92. The van der Waals surface area contributed by atoms with Crippen molar-refractivity contribution in [3.8, 4) is 0 Å². The summed E-state index contributed by atoms with van der Waals surface area (Å²) >= 11 is 0. The van der Waals surface area contributed by atoms with Gasteiger partial charge in [0.25, 0.3) is 5.91 Å². The molecular weight excluding hydrogens is 354 g/mol. The van der Waals surface area contributed by atoms with Crippen molar-refractivity contribution in [2.24, 2.45) is 0 Å². The molecule has 0 saturated carbocycles. The summed E-state index contributed by atoms with van der Waals surface area (Å²) in [5.41, 5.74) is 3.41. The monoisotopic (exact) mass is 381 g/mol. The quantitative estimate of drug-likeness (QED) is 0.881. The lowest BCUT2D eigenvalue weighted by molar-refractivity contribution is -0.129. The van der Waals surface area contributed by atoms with Crippen molar-refractivity contribution >= 4 is 23.5 Å². The highest BCUT2D eigenvalue weighted by Crippen LogP contribution is 2.27. The summed E-state index contributed by atoms with van der Waals surface area (Å²) in [6.07, 6.45) is 3.12. The molecule has 1 aromatic carbocycles. The minimum atomic E-state index is -0.218. The molecule has 0 spiro atoms. The number of carbonyl (C=O) groups is 2. The molecule has 0 atom stereocenters. The number of hydrogen-bond donors (Lipinski definition) is 1. The predicted octanol–water partition coefficient (Wildman–Crippen LogP) is 2.83. The van der Waals surface area contributed by atoms with Crippen molar-refractivity contribution in [3.05, 3.63) is 47.3 Å². The van der Waals surface area contributed by atoms with Gasteiger partial charge < -0.3 is 15.1 Å². The van der Waals surface area contributed by atoms with Gasteiger partial charge in [-0.3, -0.25) is 9.59 Å². The topological polar surface area (TPSA) is 78.4 Å². The Bertz CT molecular complexity index is 856.